The lowest BCUT2D eigenvalue weighted by Gasteiger charge is -2.20. The Hall–Kier alpha value is -3.91. The first-order chi connectivity index (χ1) is 14.9. The van der Waals surface area contributed by atoms with E-state index in [2.05, 4.69) is 10.3 Å². The van der Waals surface area contributed by atoms with Crippen molar-refractivity contribution in [3.05, 3.63) is 101 Å². The zero-order chi connectivity index (χ0) is 22.0. The molecular weight excluding hydrogens is 414 g/mol. The number of amides is 1. The molecule has 1 aromatic heterocycles. The van der Waals surface area contributed by atoms with E-state index in [-0.39, 0.29) is 10.5 Å². The molecule has 0 unspecified atom stereocenters. The van der Waals surface area contributed by atoms with Crippen LogP contribution >= 0.6 is 0 Å². The molecule has 1 amide bonds. The van der Waals surface area contributed by atoms with Crippen LogP contribution in [0.1, 0.15) is 10.4 Å². The Bertz CT molecular complexity index is 1430. The van der Waals surface area contributed by atoms with Crippen molar-refractivity contribution >= 4 is 38.2 Å². The lowest BCUT2D eigenvalue weighted by atomic mass is 10.1. The summed E-state index contributed by atoms with van der Waals surface area (Å²) in [7, 11) is -2.36. The number of H-pyrrole nitrogens is 1. The molecular formula is C23H19N3O4S. The Labute approximate surface area is 179 Å². The molecule has 0 bridgehead atoms. The van der Waals surface area contributed by atoms with E-state index in [1.165, 1.54) is 29.6 Å². The number of sulfonamides is 1. The number of anilines is 2. The number of rotatable bonds is 5. The third-order valence-electron chi connectivity index (χ3n) is 4.87. The number of carbonyl (C=O) groups is 1. The van der Waals surface area contributed by atoms with Gasteiger partial charge >= 0.3 is 0 Å². The van der Waals surface area contributed by atoms with Gasteiger partial charge in [0.2, 0.25) is 5.56 Å². The maximum atomic E-state index is 13.0. The number of aromatic nitrogens is 1. The van der Waals surface area contributed by atoms with Gasteiger partial charge in [0, 0.05) is 29.7 Å². The molecule has 0 fully saturated rings. The molecule has 8 heteroatoms. The normalized spacial score (nSPS) is 11.3. The SMILES string of the molecule is CN(c1ccccc1)S(=O)(=O)c1cccc(NC(=O)c2cc(=O)[nH]c3ccccc23)c1. The lowest BCUT2D eigenvalue weighted by molar-refractivity contribution is 0.102. The van der Waals surface area contributed by atoms with Gasteiger partial charge in [-0.05, 0) is 36.4 Å². The van der Waals surface area contributed by atoms with Gasteiger partial charge in [0.05, 0.1) is 16.1 Å². The number of hydrogen-bond donors (Lipinski definition) is 2. The van der Waals surface area contributed by atoms with Crippen molar-refractivity contribution < 1.29 is 13.2 Å². The van der Waals surface area contributed by atoms with Crippen molar-refractivity contribution in [2.45, 2.75) is 4.90 Å². The van der Waals surface area contributed by atoms with Gasteiger partial charge in [-0.15, -0.1) is 0 Å². The highest BCUT2D eigenvalue weighted by molar-refractivity contribution is 7.92. The van der Waals surface area contributed by atoms with Gasteiger partial charge in [-0.1, -0.05) is 42.5 Å². The standard InChI is InChI=1S/C23H19N3O4S/c1-26(17-9-3-2-4-10-17)31(29,30)18-11-7-8-16(14-18)24-23(28)20-15-22(27)25-21-13-6-5-12-19(20)21/h2-15H,1H3,(H,24,28)(H,25,27). The molecule has 1 heterocycles. The Morgan fingerprint density at radius 3 is 2.39 bits per heavy atom. The fourth-order valence-corrected chi connectivity index (χ4v) is 4.50. The molecule has 4 aromatic rings. The highest BCUT2D eigenvalue weighted by Gasteiger charge is 2.22. The second kappa shape index (κ2) is 8.08. The molecule has 0 saturated carbocycles. The van der Waals surface area contributed by atoms with E-state index in [1.54, 1.807) is 66.7 Å². The van der Waals surface area contributed by atoms with Crippen LogP contribution in [-0.2, 0) is 10.0 Å². The third-order valence-corrected chi connectivity index (χ3v) is 6.65. The molecule has 4 rings (SSSR count). The van der Waals surface area contributed by atoms with Crippen LogP contribution in [-0.4, -0.2) is 26.4 Å². The summed E-state index contributed by atoms with van der Waals surface area (Å²) < 4.78 is 27.2. The third kappa shape index (κ3) is 4.06. The van der Waals surface area contributed by atoms with Crippen molar-refractivity contribution in [1.29, 1.82) is 0 Å². The Kier molecular flexibility index (Phi) is 5.31. The molecule has 0 aliphatic carbocycles. The number of para-hydroxylation sites is 2. The molecule has 156 valence electrons. The van der Waals surface area contributed by atoms with Crippen LogP contribution < -0.4 is 15.2 Å². The second-order valence-corrected chi connectivity index (χ2v) is 8.85. The highest BCUT2D eigenvalue weighted by Crippen LogP contribution is 2.24. The molecule has 7 nitrogen and oxygen atoms in total. The molecule has 0 spiro atoms. The van der Waals surface area contributed by atoms with E-state index in [4.69, 9.17) is 0 Å². The number of hydrogen-bond acceptors (Lipinski definition) is 4. The van der Waals surface area contributed by atoms with Crippen LogP contribution in [0, 0.1) is 0 Å². The van der Waals surface area contributed by atoms with Crippen molar-refractivity contribution in [3.63, 3.8) is 0 Å². The molecule has 0 aliphatic rings. The van der Waals surface area contributed by atoms with E-state index in [0.717, 1.165) is 0 Å². The summed E-state index contributed by atoms with van der Waals surface area (Å²) in [6.45, 7) is 0. The minimum atomic E-state index is -3.83. The maximum Gasteiger partial charge on any atom is 0.264 e. The molecule has 3 aromatic carbocycles. The predicted octanol–water partition coefficient (Wildman–Crippen LogP) is 3.61. The number of carbonyl (C=O) groups excluding carboxylic acids is 1. The van der Waals surface area contributed by atoms with Crippen LogP contribution in [0.25, 0.3) is 10.9 Å². The summed E-state index contributed by atoms with van der Waals surface area (Å²) in [6, 6.07) is 22.9. The van der Waals surface area contributed by atoms with Crippen molar-refractivity contribution in [3.8, 4) is 0 Å². The average Bonchev–Trinajstić information content (AvgIpc) is 2.78. The number of nitrogens with one attached hydrogen (secondary N) is 2. The molecule has 31 heavy (non-hydrogen) atoms. The first-order valence-corrected chi connectivity index (χ1v) is 10.9. The van der Waals surface area contributed by atoms with Gasteiger partial charge in [0.25, 0.3) is 15.9 Å². The summed E-state index contributed by atoms with van der Waals surface area (Å²) in [4.78, 5) is 27.5. The van der Waals surface area contributed by atoms with Crippen LogP contribution in [0.4, 0.5) is 11.4 Å². The summed E-state index contributed by atoms with van der Waals surface area (Å²) in [5.74, 6) is -0.506. The van der Waals surface area contributed by atoms with Gasteiger partial charge in [0.1, 0.15) is 0 Å². The smallest absolute Gasteiger partial charge is 0.264 e. The quantitative estimate of drug-likeness (QED) is 0.502. The maximum absolute atomic E-state index is 13.0. The van der Waals surface area contributed by atoms with E-state index < -0.39 is 21.5 Å². The lowest BCUT2D eigenvalue weighted by Crippen LogP contribution is -2.26. The number of pyridine rings is 1. The van der Waals surface area contributed by atoms with Gasteiger partial charge in [0.15, 0.2) is 0 Å². The Morgan fingerprint density at radius 2 is 1.61 bits per heavy atom. The van der Waals surface area contributed by atoms with E-state index in [9.17, 15) is 18.0 Å². The number of nitrogens with zero attached hydrogens (tertiary/aromatic N) is 1. The van der Waals surface area contributed by atoms with Crippen LogP contribution in [0.15, 0.2) is 94.6 Å². The fourth-order valence-electron chi connectivity index (χ4n) is 3.26. The summed E-state index contributed by atoms with van der Waals surface area (Å²) in [5.41, 5.74) is 1.17. The molecule has 0 aliphatic heterocycles. The average molecular weight is 433 g/mol. The number of benzene rings is 3. The van der Waals surface area contributed by atoms with Gasteiger partial charge in [-0.2, -0.15) is 0 Å². The van der Waals surface area contributed by atoms with Crippen LogP contribution in [0.2, 0.25) is 0 Å². The second-order valence-electron chi connectivity index (χ2n) is 6.88. The number of aromatic amines is 1. The monoisotopic (exact) mass is 433 g/mol. The first kappa shape index (κ1) is 20.4. The van der Waals surface area contributed by atoms with Gasteiger partial charge in [-0.25, -0.2) is 8.42 Å². The summed E-state index contributed by atoms with van der Waals surface area (Å²) in [6.07, 6.45) is 0. The highest BCUT2D eigenvalue weighted by atomic mass is 32.2. The molecule has 0 radical (unpaired) electrons. The first-order valence-electron chi connectivity index (χ1n) is 9.44. The van der Waals surface area contributed by atoms with E-state index >= 15 is 0 Å². The zero-order valence-electron chi connectivity index (χ0n) is 16.6. The minimum Gasteiger partial charge on any atom is -0.322 e. The van der Waals surface area contributed by atoms with Crippen LogP contribution in [0.5, 0.6) is 0 Å². The van der Waals surface area contributed by atoms with E-state index in [0.29, 0.717) is 22.3 Å². The predicted molar refractivity (Wildman–Crippen MR) is 121 cm³/mol. The van der Waals surface area contributed by atoms with Crippen molar-refractivity contribution in [2.24, 2.45) is 0 Å². The van der Waals surface area contributed by atoms with Gasteiger partial charge < -0.3 is 10.3 Å². The van der Waals surface area contributed by atoms with Crippen molar-refractivity contribution in [1.82, 2.24) is 4.98 Å². The molecule has 2 N–H and O–H groups in total. The molecule has 0 saturated heterocycles. The fraction of sp³-hybridized carbons (Fsp3) is 0.0435. The van der Waals surface area contributed by atoms with E-state index in [1.807, 2.05) is 0 Å². The Balaban J connectivity index is 1.65. The Morgan fingerprint density at radius 1 is 0.903 bits per heavy atom. The largest absolute Gasteiger partial charge is 0.322 e. The van der Waals surface area contributed by atoms with Gasteiger partial charge in [-0.3, -0.25) is 13.9 Å². The summed E-state index contributed by atoms with van der Waals surface area (Å²) >= 11 is 0. The topological polar surface area (TPSA) is 99.3 Å². The van der Waals surface area contributed by atoms with Crippen molar-refractivity contribution in [2.75, 3.05) is 16.7 Å². The van der Waals surface area contributed by atoms with Crippen LogP contribution in [0.3, 0.4) is 0 Å². The zero-order valence-corrected chi connectivity index (χ0v) is 17.4. The summed E-state index contributed by atoms with van der Waals surface area (Å²) in [5, 5.41) is 3.28. The molecule has 0 atom stereocenters. The number of fused-ring (bicyclic) bond motifs is 1. The minimum absolute atomic E-state index is 0.0346.